The highest BCUT2D eigenvalue weighted by molar-refractivity contribution is 6.39. The summed E-state index contributed by atoms with van der Waals surface area (Å²) in [6.07, 6.45) is 0. The lowest BCUT2D eigenvalue weighted by Crippen LogP contribution is -1.84. The van der Waals surface area contributed by atoms with Crippen molar-refractivity contribution >= 4 is 39.8 Å². The van der Waals surface area contributed by atoms with Gasteiger partial charge in [0.25, 0.3) is 0 Å². The van der Waals surface area contributed by atoms with Gasteiger partial charge in [-0.15, -0.1) is 0 Å². The number of H-pyrrole nitrogens is 1. The summed E-state index contributed by atoms with van der Waals surface area (Å²) in [5, 5.41) is 9.31. The molecule has 0 saturated heterocycles. The molecule has 3 N–H and O–H groups in total. The third kappa shape index (κ3) is 1.72. The molecule has 0 aliphatic heterocycles. The molecule has 0 unspecified atom stereocenters. The van der Waals surface area contributed by atoms with Crippen LogP contribution in [-0.4, -0.2) is 10.2 Å². The average Bonchev–Trinajstić information content (AvgIpc) is 2.72. The summed E-state index contributed by atoms with van der Waals surface area (Å²) in [6, 6.07) is 11.0. The summed E-state index contributed by atoms with van der Waals surface area (Å²) < 4.78 is 0. The number of rotatable bonds is 1. The van der Waals surface area contributed by atoms with Crippen LogP contribution in [-0.2, 0) is 0 Å². The molecule has 3 nitrogen and oxygen atoms in total. The van der Waals surface area contributed by atoms with Crippen LogP contribution in [0.4, 0.5) is 5.69 Å². The fourth-order valence-corrected chi connectivity index (χ4v) is 2.53. The third-order valence-electron chi connectivity index (χ3n) is 2.79. The smallest absolute Gasteiger partial charge is 0.103 e. The van der Waals surface area contributed by atoms with Gasteiger partial charge in [-0.05, 0) is 30.3 Å². The van der Waals surface area contributed by atoms with Gasteiger partial charge in [0.05, 0.1) is 15.6 Å². The number of anilines is 1. The van der Waals surface area contributed by atoms with Crippen molar-refractivity contribution in [3.8, 4) is 11.3 Å². The van der Waals surface area contributed by atoms with Gasteiger partial charge in [-0.25, -0.2) is 0 Å². The number of aromatic nitrogens is 2. The van der Waals surface area contributed by atoms with E-state index in [1.165, 1.54) is 0 Å². The third-order valence-corrected chi connectivity index (χ3v) is 3.42. The van der Waals surface area contributed by atoms with Gasteiger partial charge in [-0.2, -0.15) is 5.10 Å². The maximum atomic E-state index is 6.19. The van der Waals surface area contributed by atoms with Crippen LogP contribution in [0.2, 0.25) is 10.0 Å². The number of benzene rings is 2. The maximum absolute atomic E-state index is 6.19. The number of fused-ring (bicyclic) bond motifs is 1. The number of halogens is 2. The largest absolute Gasteiger partial charge is 0.399 e. The highest BCUT2D eigenvalue weighted by Crippen LogP contribution is 2.37. The Hall–Kier alpha value is -1.71. The van der Waals surface area contributed by atoms with Gasteiger partial charge in [-0.3, -0.25) is 5.10 Å². The first kappa shape index (κ1) is 11.4. The van der Waals surface area contributed by atoms with Crippen molar-refractivity contribution in [1.29, 1.82) is 0 Å². The van der Waals surface area contributed by atoms with Gasteiger partial charge in [0.1, 0.15) is 5.69 Å². The summed E-state index contributed by atoms with van der Waals surface area (Å²) >= 11 is 12.4. The monoisotopic (exact) mass is 277 g/mol. The van der Waals surface area contributed by atoms with Crippen LogP contribution in [0.1, 0.15) is 0 Å². The van der Waals surface area contributed by atoms with Crippen molar-refractivity contribution in [1.82, 2.24) is 10.2 Å². The van der Waals surface area contributed by atoms with Gasteiger partial charge >= 0.3 is 0 Å². The van der Waals surface area contributed by atoms with Crippen LogP contribution < -0.4 is 5.73 Å². The lowest BCUT2D eigenvalue weighted by Gasteiger charge is -2.04. The zero-order valence-corrected chi connectivity index (χ0v) is 10.8. The van der Waals surface area contributed by atoms with Crippen LogP contribution >= 0.6 is 23.2 Å². The van der Waals surface area contributed by atoms with Crippen LogP contribution in [0.15, 0.2) is 36.4 Å². The Kier molecular flexibility index (Phi) is 2.65. The maximum Gasteiger partial charge on any atom is 0.103 e. The second-order valence-electron chi connectivity index (χ2n) is 3.97. The summed E-state index contributed by atoms with van der Waals surface area (Å²) in [6.45, 7) is 0. The standard InChI is InChI=1S/C13H9Cl2N3/c14-9-2-1-3-10(15)12(9)13-8-5-4-7(16)6-11(8)17-18-13/h1-6H,16H2,(H,17,18). The minimum absolute atomic E-state index is 0.577. The van der Waals surface area contributed by atoms with Crippen molar-refractivity contribution in [3.05, 3.63) is 46.4 Å². The predicted octanol–water partition coefficient (Wildman–Crippen LogP) is 4.12. The van der Waals surface area contributed by atoms with Crippen molar-refractivity contribution in [2.45, 2.75) is 0 Å². The lowest BCUT2D eigenvalue weighted by atomic mass is 10.1. The number of nitrogens with one attached hydrogen (secondary N) is 1. The molecule has 1 aromatic heterocycles. The predicted molar refractivity (Wildman–Crippen MR) is 76.0 cm³/mol. The van der Waals surface area contributed by atoms with E-state index in [2.05, 4.69) is 10.2 Å². The zero-order chi connectivity index (χ0) is 12.7. The first-order valence-corrected chi connectivity index (χ1v) is 6.10. The molecule has 0 aliphatic carbocycles. The average molecular weight is 278 g/mol. The molecule has 18 heavy (non-hydrogen) atoms. The quantitative estimate of drug-likeness (QED) is 0.658. The van der Waals surface area contributed by atoms with E-state index in [-0.39, 0.29) is 0 Å². The van der Waals surface area contributed by atoms with E-state index >= 15 is 0 Å². The van der Waals surface area contributed by atoms with Crippen LogP contribution in [0.5, 0.6) is 0 Å². The molecule has 0 amide bonds. The van der Waals surface area contributed by atoms with E-state index in [1.807, 2.05) is 18.2 Å². The van der Waals surface area contributed by atoms with Gasteiger partial charge in [0.15, 0.2) is 0 Å². The highest BCUT2D eigenvalue weighted by Gasteiger charge is 2.14. The van der Waals surface area contributed by atoms with E-state index in [4.69, 9.17) is 28.9 Å². The van der Waals surface area contributed by atoms with Crippen LogP contribution in [0.25, 0.3) is 22.2 Å². The summed E-state index contributed by atoms with van der Waals surface area (Å²) in [5.41, 5.74) is 8.75. The number of nitrogen functional groups attached to an aromatic ring is 1. The molecule has 0 radical (unpaired) electrons. The number of nitrogens with two attached hydrogens (primary N) is 1. The minimum atomic E-state index is 0.577. The second-order valence-corrected chi connectivity index (χ2v) is 4.79. The summed E-state index contributed by atoms with van der Waals surface area (Å²) in [5.74, 6) is 0. The molecule has 0 fully saturated rings. The molecule has 3 aromatic rings. The zero-order valence-electron chi connectivity index (χ0n) is 9.24. The molecule has 0 spiro atoms. The molecule has 0 saturated carbocycles. The number of nitrogens with zero attached hydrogens (tertiary/aromatic N) is 1. The molecule has 0 aliphatic rings. The minimum Gasteiger partial charge on any atom is -0.399 e. The van der Waals surface area contributed by atoms with Gasteiger partial charge in [0.2, 0.25) is 0 Å². The van der Waals surface area contributed by atoms with Crippen molar-refractivity contribution in [2.24, 2.45) is 0 Å². The van der Waals surface area contributed by atoms with Gasteiger partial charge in [-0.1, -0.05) is 29.3 Å². The lowest BCUT2D eigenvalue weighted by molar-refractivity contribution is 1.12. The Balaban J connectivity index is 2.32. The Morgan fingerprint density at radius 1 is 1.06 bits per heavy atom. The SMILES string of the molecule is Nc1ccc2c(-c3c(Cl)cccc3Cl)n[nH]c2c1. The molecule has 0 atom stereocenters. The van der Waals surface area contributed by atoms with E-state index in [9.17, 15) is 0 Å². The Labute approximate surface area is 114 Å². The molecular weight excluding hydrogens is 269 g/mol. The molecule has 0 bridgehead atoms. The van der Waals surface area contributed by atoms with E-state index in [1.54, 1.807) is 18.2 Å². The first-order chi connectivity index (χ1) is 8.66. The normalized spacial score (nSPS) is 11.0. The van der Waals surface area contributed by atoms with Crippen LogP contribution in [0.3, 0.4) is 0 Å². The number of hydrogen-bond acceptors (Lipinski definition) is 2. The molecule has 90 valence electrons. The van der Waals surface area contributed by atoms with Gasteiger partial charge in [0, 0.05) is 16.6 Å². The topological polar surface area (TPSA) is 54.7 Å². The molecular formula is C13H9Cl2N3. The van der Waals surface area contributed by atoms with Crippen LogP contribution in [0, 0.1) is 0 Å². The van der Waals surface area contributed by atoms with Crippen molar-refractivity contribution in [3.63, 3.8) is 0 Å². The Morgan fingerprint density at radius 3 is 2.50 bits per heavy atom. The van der Waals surface area contributed by atoms with E-state index < -0.39 is 0 Å². The second kappa shape index (κ2) is 4.19. The molecule has 2 aromatic carbocycles. The fourth-order valence-electron chi connectivity index (χ4n) is 1.95. The summed E-state index contributed by atoms with van der Waals surface area (Å²) in [4.78, 5) is 0. The first-order valence-electron chi connectivity index (χ1n) is 5.35. The summed E-state index contributed by atoms with van der Waals surface area (Å²) in [7, 11) is 0. The number of hydrogen-bond donors (Lipinski definition) is 2. The van der Waals surface area contributed by atoms with E-state index in [0.29, 0.717) is 15.7 Å². The molecule has 3 rings (SSSR count). The Morgan fingerprint density at radius 2 is 1.78 bits per heavy atom. The number of aromatic amines is 1. The Bertz CT molecular complexity index is 714. The molecule has 1 heterocycles. The fraction of sp³-hybridized carbons (Fsp3) is 0. The van der Waals surface area contributed by atoms with E-state index in [0.717, 1.165) is 22.2 Å². The highest BCUT2D eigenvalue weighted by atomic mass is 35.5. The van der Waals surface area contributed by atoms with Crippen molar-refractivity contribution in [2.75, 3.05) is 5.73 Å². The van der Waals surface area contributed by atoms with Gasteiger partial charge < -0.3 is 5.73 Å². The molecule has 5 heteroatoms. The van der Waals surface area contributed by atoms with Crippen molar-refractivity contribution < 1.29 is 0 Å².